The van der Waals surface area contributed by atoms with E-state index in [4.69, 9.17) is 0 Å². The Labute approximate surface area is 262 Å². The van der Waals surface area contributed by atoms with Crippen molar-refractivity contribution in [3.63, 3.8) is 0 Å². The number of benzene rings is 3. The predicted molar refractivity (Wildman–Crippen MR) is 177 cm³/mol. The minimum atomic E-state index is -0.154. The molecule has 3 aromatic rings. The number of aryl methyl sites for hydroxylation is 2. The van der Waals surface area contributed by atoms with E-state index in [2.05, 4.69) is 96.9 Å². The average molecular weight is 591 g/mol. The number of carbonyl (C=O) groups is 2. The second-order valence-corrected chi connectivity index (χ2v) is 14.0. The number of hydrogen-bond acceptors (Lipinski definition) is 4. The molecule has 0 aliphatic carbocycles. The van der Waals surface area contributed by atoms with Gasteiger partial charge < -0.3 is 10.6 Å². The van der Waals surface area contributed by atoms with Gasteiger partial charge >= 0.3 is 0 Å². The smallest absolute Gasteiger partial charge is 0.229 e. The fourth-order valence-electron chi connectivity index (χ4n) is 9.09. The number of hydrogen-bond donors (Lipinski definition) is 2. The van der Waals surface area contributed by atoms with Gasteiger partial charge in [0.15, 0.2) is 0 Å². The molecule has 3 unspecified atom stereocenters. The lowest BCUT2D eigenvalue weighted by Crippen LogP contribution is -2.50. The van der Waals surface area contributed by atoms with Gasteiger partial charge in [0, 0.05) is 24.2 Å². The maximum absolute atomic E-state index is 14.2. The number of nitrogens with zero attached hydrogens (tertiary/aromatic N) is 2. The number of para-hydroxylation sites is 2. The van der Waals surface area contributed by atoms with Crippen molar-refractivity contribution < 1.29 is 9.59 Å². The quantitative estimate of drug-likeness (QED) is 0.335. The van der Waals surface area contributed by atoms with E-state index in [-0.39, 0.29) is 47.6 Å². The second kappa shape index (κ2) is 11.8. The molecule has 44 heavy (non-hydrogen) atoms. The van der Waals surface area contributed by atoms with Crippen molar-refractivity contribution in [3.05, 3.63) is 95.1 Å². The van der Waals surface area contributed by atoms with Crippen LogP contribution in [0.4, 0.5) is 11.4 Å². The van der Waals surface area contributed by atoms with E-state index in [0.29, 0.717) is 23.5 Å². The summed E-state index contributed by atoms with van der Waals surface area (Å²) in [6.07, 6.45) is 6.34. The molecule has 7 rings (SSSR count). The molecule has 0 aromatic heterocycles. The summed E-state index contributed by atoms with van der Waals surface area (Å²) in [5.41, 5.74) is 6.32. The Kier molecular flexibility index (Phi) is 7.84. The molecule has 4 bridgehead atoms. The molecule has 230 valence electrons. The van der Waals surface area contributed by atoms with Gasteiger partial charge in [-0.15, -0.1) is 0 Å². The largest absolute Gasteiger partial charge is 0.324 e. The SMILES string of the molecule is Cc1ccc(C2C[C@@H]3CCC([C@H]2C(=O)Nc2ccccc2NC(=O)[C@@H]2C4CC[C@H](C[C@@H]2c2ccc(C)cc2)N4C)N3C)cc1. The molecule has 8 atom stereocenters. The Hall–Kier alpha value is -3.48. The zero-order valence-electron chi connectivity index (χ0n) is 26.5. The van der Waals surface area contributed by atoms with Gasteiger partial charge in [0.25, 0.3) is 0 Å². The van der Waals surface area contributed by atoms with Crippen LogP contribution in [0.2, 0.25) is 0 Å². The first-order valence-corrected chi connectivity index (χ1v) is 16.6. The molecule has 0 saturated carbocycles. The standard InChI is InChI=1S/C38H46N4O2/c1-23-9-13-25(14-10-23)29-21-27-17-19-33(41(27)3)35(29)37(43)39-31-7-5-6-8-32(31)40-38(44)36-30(26-15-11-24(2)12-16-26)22-28-18-20-34(36)42(28)4/h5-16,27-30,33-36H,17-22H2,1-4H3,(H,39,43)(H,40,44)/t27-,28+,29-,30?,33?,34?,35+,36+/m1/s1. The Balaban J connectivity index is 1.14. The number of carbonyl (C=O) groups excluding carboxylic acids is 2. The van der Waals surface area contributed by atoms with Crippen LogP contribution >= 0.6 is 0 Å². The highest BCUT2D eigenvalue weighted by Crippen LogP contribution is 2.48. The van der Waals surface area contributed by atoms with Gasteiger partial charge in [-0.3, -0.25) is 19.4 Å². The Morgan fingerprint density at radius 1 is 0.591 bits per heavy atom. The highest BCUT2D eigenvalue weighted by Gasteiger charge is 2.50. The van der Waals surface area contributed by atoms with Gasteiger partial charge in [0.05, 0.1) is 23.2 Å². The fourth-order valence-corrected chi connectivity index (χ4v) is 9.09. The van der Waals surface area contributed by atoms with E-state index < -0.39 is 0 Å². The van der Waals surface area contributed by atoms with Crippen LogP contribution in [0.25, 0.3) is 0 Å². The van der Waals surface area contributed by atoms with Crippen LogP contribution in [0.5, 0.6) is 0 Å². The van der Waals surface area contributed by atoms with Crippen molar-refractivity contribution in [2.45, 2.75) is 88.4 Å². The van der Waals surface area contributed by atoms with E-state index in [1.807, 2.05) is 24.3 Å². The molecular weight excluding hydrogens is 544 g/mol. The molecular formula is C38H46N4O2. The maximum Gasteiger partial charge on any atom is 0.229 e. The van der Waals surface area contributed by atoms with Crippen molar-refractivity contribution in [3.8, 4) is 0 Å². The Bertz CT molecular complexity index is 1400. The third-order valence-electron chi connectivity index (χ3n) is 11.6. The van der Waals surface area contributed by atoms with Crippen LogP contribution in [-0.4, -0.2) is 59.9 Å². The molecule has 0 spiro atoms. The molecule has 2 N–H and O–H groups in total. The van der Waals surface area contributed by atoms with E-state index in [1.165, 1.54) is 22.3 Å². The number of piperidine rings is 2. The Morgan fingerprint density at radius 2 is 0.977 bits per heavy atom. The van der Waals surface area contributed by atoms with E-state index in [1.54, 1.807) is 0 Å². The molecule has 2 amide bonds. The van der Waals surface area contributed by atoms with E-state index >= 15 is 0 Å². The predicted octanol–water partition coefficient (Wildman–Crippen LogP) is 6.71. The zero-order chi connectivity index (χ0) is 30.5. The van der Waals surface area contributed by atoms with Crippen molar-refractivity contribution in [2.75, 3.05) is 24.7 Å². The number of amides is 2. The number of fused-ring (bicyclic) bond motifs is 4. The third-order valence-corrected chi connectivity index (χ3v) is 11.6. The summed E-state index contributed by atoms with van der Waals surface area (Å²) >= 11 is 0. The van der Waals surface area contributed by atoms with Gasteiger partial charge in [0.2, 0.25) is 11.8 Å². The summed E-state index contributed by atoms with van der Waals surface area (Å²) in [4.78, 5) is 33.4. The molecule has 4 heterocycles. The number of anilines is 2. The van der Waals surface area contributed by atoms with Crippen LogP contribution in [-0.2, 0) is 9.59 Å². The van der Waals surface area contributed by atoms with Crippen molar-refractivity contribution in [2.24, 2.45) is 11.8 Å². The average Bonchev–Trinajstić information content (AvgIpc) is 3.38. The fraction of sp³-hybridized carbons (Fsp3) is 0.474. The normalized spacial score (nSPS) is 31.5. The molecule has 6 nitrogen and oxygen atoms in total. The zero-order valence-corrected chi connectivity index (χ0v) is 26.5. The first-order valence-electron chi connectivity index (χ1n) is 16.6. The summed E-state index contributed by atoms with van der Waals surface area (Å²) in [5.74, 6) is 0.131. The topological polar surface area (TPSA) is 64.7 Å². The lowest BCUT2D eigenvalue weighted by atomic mass is 9.75. The molecule has 3 aromatic carbocycles. The van der Waals surface area contributed by atoms with Crippen LogP contribution in [0.15, 0.2) is 72.8 Å². The molecule has 4 fully saturated rings. The summed E-state index contributed by atoms with van der Waals surface area (Å²) in [7, 11) is 4.36. The highest BCUT2D eigenvalue weighted by atomic mass is 16.2. The summed E-state index contributed by atoms with van der Waals surface area (Å²) < 4.78 is 0. The van der Waals surface area contributed by atoms with Crippen LogP contribution in [0, 0.1) is 25.7 Å². The van der Waals surface area contributed by atoms with E-state index in [9.17, 15) is 9.59 Å². The van der Waals surface area contributed by atoms with Crippen molar-refractivity contribution in [1.29, 1.82) is 0 Å². The minimum absolute atomic E-state index is 0.0445. The van der Waals surface area contributed by atoms with Gasteiger partial charge in [-0.25, -0.2) is 0 Å². The molecule has 0 radical (unpaired) electrons. The second-order valence-electron chi connectivity index (χ2n) is 14.0. The molecule has 6 heteroatoms. The van der Waals surface area contributed by atoms with E-state index in [0.717, 1.165) is 38.5 Å². The first kappa shape index (κ1) is 29.2. The molecule has 4 aliphatic heterocycles. The maximum atomic E-state index is 14.2. The summed E-state index contributed by atoms with van der Waals surface area (Å²) in [6, 6.07) is 26.7. The van der Waals surface area contributed by atoms with Gasteiger partial charge in [-0.05, 0) is 102 Å². The number of nitrogens with one attached hydrogen (secondary N) is 2. The molecule has 4 saturated heterocycles. The Morgan fingerprint density at radius 3 is 1.36 bits per heavy atom. The highest BCUT2D eigenvalue weighted by molar-refractivity contribution is 6.02. The van der Waals surface area contributed by atoms with Crippen LogP contribution < -0.4 is 10.6 Å². The first-order chi connectivity index (χ1) is 21.3. The van der Waals surface area contributed by atoms with Crippen molar-refractivity contribution in [1.82, 2.24) is 9.80 Å². The number of rotatable bonds is 6. The summed E-state index contributed by atoms with van der Waals surface area (Å²) in [5, 5.41) is 6.61. The lowest BCUT2D eigenvalue weighted by molar-refractivity contribution is -0.125. The minimum Gasteiger partial charge on any atom is -0.324 e. The van der Waals surface area contributed by atoms with Crippen LogP contribution in [0.1, 0.15) is 72.6 Å². The summed E-state index contributed by atoms with van der Waals surface area (Å²) in [6.45, 7) is 4.22. The van der Waals surface area contributed by atoms with Gasteiger partial charge in [-0.1, -0.05) is 71.8 Å². The van der Waals surface area contributed by atoms with Crippen LogP contribution in [0.3, 0.4) is 0 Å². The third kappa shape index (κ3) is 5.26. The molecule has 4 aliphatic rings. The van der Waals surface area contributed by atoms with Gasteiger partial charge in [-0.2, -0.15) is 0 Å². The van der Waals surface area contributed by atoms with Gasteiger partial charge in [0.1, 0.15) is 0 Å². The van der Waals surface area contributed by atoms with Crippen molar-refractivity contribution >= 4 is 23.2 Å². The monoisotopic (exact) mass is 590 g/mol. The lowest BCUT2D eigenvalue weighted by Gasteiger charge is -2.43.